The van der Waals surface area contributed by atoms with Gasteiger partial charge < -0.3 is 9.88 Å². The lowest BCUT2D eigenvalue weighted by molar-refractivity contribution is -0.137. The molecule has 4 heterocycles. The molecule has 0 aromatic carbocycles. The highest BCUT2D eigenvalue weighted by Crippen LogP contribution is 2.37. The molecular weight excluding hydrogens is 363 g/mol. The van der Waals surface area contributed by atoms with E-state index in [4.69, 9.17) is 0 Å². The van der Waals surface area contributed by atoms with Gasteiger partial charge in [-0.05, 0) is 36.4 Å². The number of nitrogens with zero attached hydrogens (tertiary/aromatic N) is 2. The lowest BCUT2D eigenvalue weighted by Gasteiger charge is -2.00. The second kappa shape index (κ2) is 5.84. The molecule has 0 bridgehead atoms. The zero-order valence-corrected chi connectivity index (χ0v) is 14.3. The molecular formula is C18H12F3N3OS. The van der Waals surface area contributed by atoms with Crippen molar-refractivity contribution in [1.82, 2.24) is 9.55 Å². The molecule has 8 heteroatoms. The number of aromatic nitrogens is 2. The van der Waals surface area contributed by atoms with E-state index in [0.717, 1.165) is 17.1 Å². The monoisotopic (exact) mass is 375 g/mol. The van der Waals surface area contributed by atoms with E-state index in [2.05, 4.69) is 10.3 Å². The number of hydrogen-bond acceptors (Lipinski definition) is 3. The number of nitrogens with one attached hydrogen (secondary N) is 1. The van der Waals surface area contributed by atoms with Gasteiger partial charge in [-0.15, -0.1) is 11.3 Å². The molecule has 4 nitrogen and oxygen atoms in total. The van der Waals surface area contributed by atoms with Gasteiger partial charge in [0, 0.05) is 24.3 Å². The maximum atomic E-state index is 12.9. The minimum Gasteiger partial charge on any atom is -0.349 e. The van der Waals surface area contributed by atoms with Crippen molar-refractivity contribution in [2.24, 2.45) is 7.05 Å². The van der Waals surface area contributed by atoms with Crippen molar-refractivity contribution in [3.05, 3.63) is 58.9 Å². The number of pyridine rings is 1. The van der Waals surface area contributed by atoms with Crippen LogP contribution in [-0.2, 0) is 18.0 Å². The number of amides is 1. The van der Waals surface area contributed by atoms with Gasteiger partial charge in [0.2, 0.25) is 0 Å². The van der Waals surface area contributed by atoms with E-state index in [9.17, 15) is 18.0 Å². The Morgan fingerprint density at radius 3 is 2.81 bits per heavy atom. The fraction of sp³-hybridized carbons (Fsp3) is 0.111. The Labute approximate surface area is 150 Å². The molecule has 0 saturated carbocycles. The molecule has 132 valence electrons. The van der Waals surface area contributed by atoms with Crippen molar-refractivity contribution < 1.29 is 18.0 Å². The number of carbonyl (C=O) groups excluding carboxylic acids is 1. The van der Waals surface area contributed by atoms with Crippen LogP contribution in [0.25, 0.3) is 22.2 Å². The molecule has 0 unspecified atom stereocenters. The third-order valence-corrected chi connectivity index (χ3v) is 5.11. The lowest BCUT2D eigenvalue weighted by atomic mass is 10.1. The normalized spacial score (nSPS) is 15.4. The number of fused-ring (bicyclic) bond motifs is 1. The Morgan fingerprint density at radius 2 is 2.08 bits per heavy atom. The van der Waals surface area contributed by atoms with Crippen LogP contribution in [0.3, 0.4) is 0 Å². The zero-order chi connectivity index (χ0) is 18.5. The van der Waals surface area contributed by atoms with Crippen molar-refractivity contribution in [3.8, 4) is 10.6 Å². The lowest BCUT2D eigenvalue weighted by Crippen LogP contribution is -2.03. The predicted octanol–water partition coefficient (Wildman–Crippen LogP) is 4.66. The molecule has 1 aliphatic rings. The highest BCUT2D eigenvalue weighted by atomic mass is 32.1. The van der Waals surface area contributed by atoms with Crippen molar-refractivity contribution in [2.75, 3.05) is 5.32 Å². The van der Waals surface area contributed by atoms with Crippen molar-refractivity contribution >= 4 is 34.6 Å². The number of carbonyl (C=O) groups is 1. The summed E-state index contributed by atoms with van der Waals surface area (Å²) in [6.45, 7) is 0. The summed E-state index contributed by atoms with van der Waals surface area (Å²) in [5.41, 5.74) is 1.46. The van der Waals surface area contributed by atoms with Crippen molar-refractivity contribution in [1.29, 1.82) is 0 Å². The molecule has 1 aliphatic heterocycles. The van der Waals surface area contributed by atoms with Crippen LogP contribution >= 0.6 is 11.3 Å². The largest absolute Gasteiger partial charge is 0.417 e. The fourth-order valence-electron chi connectivity index (χ4n) is 2.83. The van der Waals surface area contributed by atoms with Crippen LogP contribution in [0.15, 0.2) is 42.7 Å². The molecule has 1 amide bonds. The topological polar surface area (TPSA) is 46.9 Å². The van der Waals surface area contributed by atoms with Gasteiger partial charge in [-0.2, -0.15) is 13.2 Å². The molecule has 0 radical (unpaired) electrons. The van der Waals surface area contributed by atoms with Crippen LogP contribution in [0.2, 0.25) is 0 Å². The minimum atomic E-state index is -4.38. The summed E-state index contributed by atoms with van der Waals surface area (Å²) in [6, 6.07) is 8.16. The minimum absolute atomic E-state index is 0.244. The maximum Gasteiger partial charge on any atom is 0.417 e. The summed E-state index contributed by atoms with van der Waals surface area (Å²) in [5.74, 6) is -0.244. The Balaban J connectivity index is 1.70. The average Bonchev–Trinajstić information content (AvgIpc) is 3.26. The summed E-state index contributed by atoms with van der Waals surface area (Å²) in [5, 5.41) is 2.74. The number of alkyl halides is 3. The first-order valence-electron chi connectivity index (χ1n) is 7.65. The van der Waals surface area contributed by atoms with E-state index < -0.39 is 11.7 Å². The summed E-state index contributed by atoms with van der Waals surface area (Å²) in [4.78, 5) is 17.8. The first-order chi connectivity index (χ1) is 12.3. The zero-order valence-electron chi connectivity index (χ0n) is 13.5. The molecule has 4 rings (SSSR count). The van der Waals surface area contributed by atoms with Gasteiger partial charge in [0.15, 0.2) is 0 Å². The number of rotatable bonds is 2. The molecule has 3 aromatic rings. The summed E-state index contributed by atoms with van der Waals surface area (Å²) >= 11 is 1.32. The highest BCUT2D eigenvalue weighted by Gasteiger charge is 2.32. The molecule has 0 atom stereocenters. The molecule has 0 saturated heterocycles. The molecule has 3 aromatic heterocycles. The van der Waals surface area contributed by atoms with E-state index in [0.29, 0.717) is 27.5 Å². The van der Waals surface area contributed by atoms with Crippen LogP contribution < -0.4 is 5.32 Å². The van der Waals surface area contributed by atoms with Gasteiger partial charge >= 0.3 is 6.18 Å². The maximum absolute atomic E-state index is 12.9. The fourth-order valence-corrected chi connectivity index (χ4v) is 3.84. The summed E-state index contributed by atoms with van der Waals surface area (Å²) < 4.78 is 40.1. The van der Waals surface area contributed by atoms with Crippen LogP contribution in [0.1, 0.15) is 16.1 Å². The van der Waals surface area contributed by atoms with Crippen molar-refractivity contribution in [3.63, 3.8) is 0 Å². The summed E-state index contributed by atoms with van der Waals surface area (Å²) in [7, 11) is 1.58. The standard InChI is InChI=1S/C18H12F3N3OS/c1-24-9-10(18(19,20)21)7-14(24)15-5-4-11(26-15)8-12-16-13(23-17(12)25)3-2-6-22-16/h2-9H,1H3,(H,23,25). The number of hydrogen-bond donors (Lipinski definition) is 1. The second-order valence-corrected chi connectivity index (χ2v) is 6.95. The quantitative estimate of drug-likeness (QED) is 0.662. The predicted molar refractivity (Wildman–Crippen MR) is 94.5 cm³/mol. The Kier molecular flexibility index (Phi) is 3.73. The third kappa shape index (κ3) is 2.82. The summed E-state index contributed by atoms with van der Waals surface area (Å²) in [6.07, 6.45) is -0.00144. The van der Waals surface area contributed by atoms with Gasteiger partial charge in [0.25, 0.3) is 5.91 Å². The molecule has 0 spiro atoms. The van der Waals surface area contributed by atoms with Crippen LogP contribution in [0.4, 0.5) is 18.9 Å². The molecule has 0 aliphatic carbocycles. The Hall–Kier alpha value is -2.87. The van der Waals surface area contributed by atoms with E-state index in [-0.39, 0.29) is 5.91 Å². The van der Waals surface area contributed by atoms with Crippen LogP contribution in [0.5, 0.6) is 0 Å². The molecule has 0 fully saturated rings. The highest BCUT2D eigenvalue weighted by molar-refractivity contribution is 7.16. The van der Waals surface area contributed by atoms with Gasteiger partial charge in [-0.25, -0.2) is 0 Å². The van der Waals surface area contributed by atoms with E-state index >= 15 is 0 Å². The van der Waals surface area contributed by atoms with Gasteiger partial charge in [0.05, 0.1) is 33.1 Å². The second-order valence-electron chi connectivity index (χ2n) is 5.84. The first kappa shape index (κ1) is 16.6. The Morgan fingerprint density at radius 1 is 1.27 bits per heavy atom. The van der Waals surface area contributed by atoms with E-state index in [1.165, 1.54) is 15.9 Å². The number of thiophene rings is 1. The van der Waals surface area contributed by atoms with Crippen molar-refractivity contribution in [2.45, 2.75) is 6.18 Å². The van der Waals surface area contributed by atoms with Crippen LogP contribution in [-0.4, -0.2) is 15.5 Å². The van der Waals surface area contributed by atoms with Gasteiger partial charge in [-0.3, -0.25) is 9.78 Å². The number of aryl methyl sites for hydroxylation is 1. The van der Waals surface area contributed by atoms with Gasteiger partial charge in [-0.1, -0.05) is 0 Å². The average molecular weight is 375 g/mol. The molecule has 1 N–H and O–H groups in total. The SMILES string of the molecule is Cn1cc(C(F)(F)F)cc1-c1ccc(C=C2C(=O)Nc3cccnc32)s1. The molecule has 26 heavy (non-hydrogen) atoms. The number of anilines is 1. The van der Waals surface area contributed by atoms with Crippen LogP contribution in [0, 0.1) is 0 Å². The van der Waals surface area contributed by atoms with E-state index in [1.807, 2.05) is 0 Å². The Bertz CT molecular complexity index is 1050. The third-order valence-electron chi connectivity index (χ3n) is 4.05. The smallest absolute Gasteiger partial charge is 0.349 e. The van der Waals surface area contributed by atoms with Gasteiger partial charge in [0.1, 0.15) is 0 Å². The first-order valence-corrected chi connectivity index (χ1v) is 8.47. The van der Waals surface area contributed by atoms with E-state index in [1.54, 1.807) is 43.6 Å². The number of halogens is 3.